The highest BCUT2D eigenvalue weighted by Crippen LogP contribution is 2.23. The van der Waals surface area contributed by atoms with Crippen LogP contribution in [0.25, 0.3) is 0 Å². The van der Waals surface area contributed by atoms with E-state index in [2.05, 4.69) is 0 Å². The van der Waals surface area contributed by atoms with E-state index in [-0.39, 0.29) is 5.37 Å². The summed E-state index contributed by atoms with van der Waals surface area (Å²) in [5, 5.41) is -0.292. The first-order valence-corrected chi connectivity index (χ1v) is 4.59. The summed E-state index contributed by atoms with van der Waals surface area (Å²) in [6.07, 6.45) is 4.75. The van der Waals surface area contributed by atoms with Gasteiger partial charge in [-0.1, -0.05) is 12.8 Å². The minimum absolute atomic E-state index is 0.292. The smallest absolute Gasteiger partial charge is 0.316 e. The SMILES string of the molecule is CCN(C(=O)Cl)C1CCCC1. The van der Waals surface area contributed by atoms with Gasteiger partial charge in [-0.15, -0.1) is 0 Å². The van der Waals surface area contributed by atoms with Crippen molar-refractivity contribution in [1.29, 1.82) is 0 Å². The molecule has 64 valence electrons. The highest BCUT2D eigenvalue weighted by molar-refractivity contribution is 6.62. The van der Waals surface area contributed by atoms with E-state index in [1.165, 1.54) is 12.8 Å². The molecule has 0 aromatic carbocycles. The molecule has 0 bridgehead atoms. The first-order valence-electron chi connectivity index (χ1n) is 4.21. The third-order valence-electron chi connectivity index (χ3n) is 2.33. The Balaban J connectivity index is 2.46. The molecule has 0 radical (unpaired) electrons. The Morgan fingerprint density at radius 1 is 1.55 bits per heavy atom. The number of carbonyl (C=O) groups is 1. The number of rotatable bonds is 2. The second kappa shape index (κ2) is 3.96. The summed E-state index contributed by atoms with van der Waals surface area (Å²) in [4.78, 5) is 12.6. The van der Waals surface area contributed by atoms with Gasteiger partial charge in [-0.25, -0.2) is 0 Å². The molecule has 11 heavy (non-hydrogen) atoms. The number of nitrogens with zero attached hydrogens (tertiary/aromatic N) is 1. The quantitative estimate of drug-likeness (QED) is 0.467. The molecule has 0 heterocycles. The van der Waals surface area contributed by atoms with Crippen LogP contribution in [0.5, 0.6) is 0 Å². The molecule has 2 nitrogen and oxygen atoms in total. The molecule has 1 rings (SSSR count). The van der Waals surface area contributed by atoms with Crippen molar-refractivity contribution >= 4 is 17.0 Å². The molecular formula is C8H14ClNO. The van der Waals surface area contributed by atoms with Crippen molar-refractivity contribution in [3.63, 3.8) is 0 Å². The fourth-order valence-electron chi connectivity index (χ4n) is 1.74. The Labute approximate surface area is 72.5 Å². The van der Waals surface area contributed by atoms with E-state index in [1.807, 2.05) is 6.92 Å². The molecule has 1 saturated carbocycles. The standard InChI is InChI=1S/C8H14ClNO/c1-2-10(8(9)11)7-5-3-4-6-7/h7H,2-6H2,1H3. The monoisotopic (exact) mass is 175 g/mol. The minimum Gasteiger partial charge on any atom is -0.327 e. The van der Waals surface area contributed by atoms with Crippen LogP contribution in [0.15, 0.2) is 0 Å². The van der Waals surface area contributed by atoms with Gasteiger partial charge in [0.25, 0.3) is 0 Å². The molecule has 0 spiro atoms. The zero-order valence-electron chi connectivity index (χ0n) is 6.85. The van der Waals surface area contributed by atoms with Crippen LogP contribution < -0.4 is 0 Å². The first-order chi connectivity index (χ1) is 5.25. The number of amides is 1. The van der Waals surface area contributed by atoms with E-state index in [0.717, 1.165) is 19.4 Å². The molecule has 0 N–H and O–H groups in total. The van der Waals surface area contributed by atoms with E-state index < -0.39 is 0 Å². The van der Waals surface area contributed by atoms with Gasteiger partial charge in [-0.3, -0.25) is 4.79 Å². The molecule has 1 aliphatic rings. The molecular weight excluding hydrogens is 162 g/mol. The average molecular weight is 176 g/mol. The van der Waals surface area contributed by atoms with Crippen LogP contribution in [0, 0.1) is 0 Å². The molecule has 3 heteroatoms. The van der Waals surface area contributed by atoms with Gasteiger partial charge >= 0.3 is 5.37 Å². The molecule has 1 amide bonds. The van der Waals surface area contributed by atoms with Gasteiger partial charge in [0.15, 0.2) is 0 Å². The zero-order chi connectivity index (χ0) is 8.27. The predicted octanol–water partition coefficient (Wildman–Crippen LogP) is 2.61. The van der Waals surface area contributed by atoms with Crippen LogP contribution in [-0.2, 0) is 0 Å². The maximum atomic E-state index is 10.9. The van der Waals surface area contributed by atoms with Crippen LogP contribution in [0.3, 0.4) is 0 Å². The second-order valence-electron chi connectivity index (χ2n) is 2.98. The molecule has 1 fully saturated rings. The summed E-state index contributed by atoms with van der Waals surface area (Å²) in [5.74, 6) is 0. The van der Waals surface area contributed by atoms with E-state index in [9.17, 15) is 4.79 Å². The van der Waals surface area contributed by atoms with Crippen molar-refractivity contribution in [2.24, 2.45) is 0 Å². The molecule has 0 aromatic heterocycles. The van der Waals surface area contributed by atoms with Gasteiger partial charge in [-0.05, 0) is 31.4 Å². The number of hydrogen-bond donors (Lipinski definition) is 0. The predicted molar refractivity (Wildman–Crippen MR) is 45.9 cm³/mol. The van der Waals surface area contributed by atoms with Crippen LogP contribution in [0.2, 0.25) is 0 Å². The van der Waals surface area contributed by atoms with Crippen molar-refractivity contribution in [2.45, 2.75) is 38.6 Å². The highest BCUT2D eigenvalue weighted by atomic mass is 35.5. The van der Waals surface area contributed by atoms with E-state index >= 15 is 0 Å². The zero-order valence-corrected chi connectivity index (χ0v) is 7.60. The number of hydrogen-bond acceptors (Lipinski definition) is 1. The molecule has 0 aliphatic heterocycles. The van der Waals surface area contributed by atoms with Gasteiger partial charge in [0.2, 0.25) is 0 Å². The first kappa shape index (κ1) is 8.85. The fourth-order valence-corrected chi connectivity index (χ4v) is 2.00. The summed E-state index contributed by atoms with van der Waals surface area (Å²) < 4.78 is 0. The van der Waals surface area contributed by atoms with Crippen LogP contribution in [0.4, 0.5) is 4.79 Å². The molecule has 0 saturated heterocycles. The lowest BCUT2D eigenvalue weighted by molar-refractivity contribution is 0.203. The van der Waals surface area contributed by atoms with E-state index in [4.69, 9.17) is 11.6 Å². The molecule has 0 unspecified atom stereocenters. The summed E-state index contributed by atoms with van der Waals surface area (Å²) >= 11 is 5.41. The Morgan fingerprint density at radius 2 is 2.09 bits per heavy atom. The van der Waals surface area contributed by atoms with E-state index in [0.29, 0.717) is 6.04 Å². The van der Waals surface area contributed by atoms with Gasteiger partial charge in [-0.2, -0.15) is 0 Å². The Morgan fingerprint density at radius 3 is 2.45 bits per heavy atom. The maximum absolute atomic E-state index is 10.9. The van der Waals surface area contributed by atoms with Crippen molar-refractivity contribution in [3.05, 3.63) is 0 Å². The topological polar surface area (TPSA) is 20.3 Å². The third-order valence-corrected chi connectivity index (χ3v) is 2.55. The second-order valence-corrected chi connectivity index (χ2v) is 3.30. The van der Waals surface area contributed by atoms with Gasteiger partial charge < -0.3 is 4.90 Å². The van der Waals surface area contributed by atoms with Crippen LogP contribution in [-0.4, -0.2) is 22.9 Å². The highest BCUT2D eigenvalue weighted by Gasteiger charge is 2.23. The number of carbonyl (C=O) groups excluding carboxylic acids is 1. The minimum atomic E-state index is -0.292. The lowest BCUT2D eigenvalue weighted by Crippen LogP contribution is -2.34. The van der Waals surface area contributed by atoms with Crippen molar-refractivity contribution in [2.75, 3.05) is 6.54 Å². The summed E-state index contributed by atoms with van der Waals surface area (Å²) in [6.45, 7) is 2.71. The molecule has 0 atom stereocenters. The Kier molecular flexibility index (Phi) is 3.18. The van der Waals surface area contributed by atoms with E-state index in [1.54, 1.807) is 4.90 Å². The van der Waals surface area contributed by atoms with Crippen molar-refractivity contribution in [3.8, 4) is 0 Å². The lowest BCUT2D eigenvalue weighted by Gasteiger charge is -2.24. The van der Waals surface area contributed by atoms with Crippen molar-refractivity contribution < 1.29 is 4.79 Å². The van der Waals surface area contributed by atoms with Gasteiger partial charge in [0.1, 0.15) is 0 Å². The largest absolute Gasteiger partial charge is 0.327 e. The van der Waals surface area contributed by atoms with Crippen LogP contribution >= 0.6 is 11.6 Å². The Hall–Kier alpha value is -0.240. The summed E-state index contributed by atoms with van der Waals surface area (Å²) in [6, 6.07) is 0.421. The van der Waals surface area contributed by atoms with Gasteiger partial charge in [0.05, 0.1) is 0 Å². The Bertz CT molecular complexity index is 143. The fraction of sp³-hybridized carbons (Fsp3) is 0.875. The maximum Gasteiger partial charge on any atom is 0.316 e. The number of halogens is 1. The average Bonchev–Trinajstić information content (AvgIpc) is 2.40. The normalized spacial score (nSPS) is 18.7. The lowest BCUT2D eigenvalue weighted by atomic mass is 10.2. The summed E-state index contributed by atoms with van der Waals surface area (Å²) in [7, 11) is 0. The molecule has 1 aliphatic carbocycles. The van der Waals surface area contributed by atoms with Crippen LogP contribution in [0.1, 0.15) is 32.6 Å². The molecule has 0 aromatic rings. The summed E-state index contributed by atoms with van der Waals surface area (Å²) in [5.41, 5.74) is 0. The van der Waals surface area contributed by atoms with Gasteiger partial charge in [0, 0.05) is 12.6 Å². The van der Waals surface area contributed by atoms with Crippen molar-refractivity contribution in [1.82, 2.24) is 4.90 Å². The third kappa shape index (κ3) is 2.09.